The Morgan fingerprint density at radius 1 is 1.10 bits per heavy atom. The fourth-order valence-electron chi connectivity index (χ4n) is 1.83. The number of methoxy groups -OCH3 is 1. The largest absolute Gasteiger partial charge is 0.495 e. The number of carboxylic acids is 2. The van der Waals surface area contributed by atoms with Crippen LogP contribution >= 0.6 is 0 Å². The first kappa shape index (κ1) is 26.4. The molecule has 0 aromatic carbocycles. The Hall–Kier alpha value is -2.57. The van der Waals surface area contributed by atoms with Crippen molar-refractivity contribution >= 4 is 18.0 Å². The van der Waals surface area contributed by atoms with Gasteiger partial charge in [-0.25, -0.2) is 9.59 Å². The molecule has 0 amide bonds. The van der Waals surface area contributed by atoms with Gasteiger partial charge in [-0.1, -0.05) is 12.2 Å². The van der Waals surface area contributed by atoms with Crippen molar-refractivity contribution in [2.75, 3.05) is 14.2 Å². The number of nitrogens with zero attached hydrogens (tertiary/aromatic N) is 1. The number of carbonyl (C=O) groups is 2. The SMILES string of the molecule is CN[C@@H](C)C/C=C/c1cncc(OC)c1.O=C(O)[C@@H](O)[C@H](O)[C@H](O)[C@@H](O)C(=O)O. The molecule has 1 aromatic heterocycles. The monoisotopic (exact) mass is 416 g/mol. The molecule has 0 bridgehead atoms. The van der Waals surface area contributed by atoms with Crippen molar-refractivity contribution in [3.63, 3.8) is 0 Å². The zero-order valence-electron chi connectivity index (χ0n) is 16.3. The van der Waals surface area contributed by atoms with Crippen LogP contribution in [0.4, 0.5) is 0 Å². The van der Waals surface area contributed by atoms with E-state index < -0.39 is 36.4 Å². The van der Waals surface area contributed by atoms with Gasteiger partial charge in [0.25, 0.3) is 0 Å². The van der Waals surface area contributed by atoms with Gasteiger partial charge in [-0.05, 0) is 32.0 Å². The average molecular weight is 416 g/mol. The van der Waals surface area contributed by atoms with Crippen LogP contribution in [0.15, 0.2) is 24.5 Å². The Kier molecular flexibility index (Phi) is 12.4. The number of carboxylic acid groups (broad SMARTS) is 2. The molecule has 0 fully saturated rings. The number of pyridine rings is 1. The molecule has 11 heteroatoms. The van der Waals surface area contributed by atoms with Gasteiger partial charge in [-0.3, -0.25) is 4.98 Å². The lowest BCUT2D eigenvalue weighted by Gasteiger charge is -2.21. The summed E-state index contributed by atoms with van der Waals surface area (Å²) >= 11 is 0. The second kappa shape index (κ2) is 13.6. The van der Waals surface area contributed by atoms with Crippen molar-refractivity contribution in [3.8, 4) is 5.75 Å². The Balaban J connectivity index is 0.000000543. The summed E-state index contributed by atoms with van der Waals surface area (Å²) in [7, 11) is 3.61. The number of hydrogen-bond donors (Lipinski definition) is 7. The van der Waals surface area contributed by atoms with Crippen LogP contribution in [-0.2, 0) is 9.59 Å². The van der Waals surface area contributed by atoms with E-state index in [-0.39, 0.29) is 0 Å². The summed E-state index contributed by atoms with van der Waals surface area (Å²) in [6.07, 6.45) is -0.555. The van der Waals surface area contributed by atoms with Gasteiger partial charge in [0.2, 0.25) is 0 Å². The van der Waals surface area contributed by atoms with Crippen molar-refractivity contribution in [2.45, 2.75) is 43.8 Å². The molecular weight excluding hydrogens is 388 g/mol. The molecule has 1 aromatic rings. The molecule has 0 saturated heterocycles. The topological polar surface area (TPSA) is 190 Å². The van der Waals surface area contributed by atoms with Crippen molar-refractivity contribution in [3.05, 3.63) is 30.1 Å². The van der Waals surface area contributed by atoms with Crippen LogP contribution in [0.25, 0.3) is 6.08 Å². The van der Waals surface area contributed by atoms with E-state index >= 15 is 0 Å². The lowest BCUT2D eigenvalue weighted by atomic mass is 10.0. The Morgan fingerprint density at radius 2 is 1.62 bits per heavy atom. The van der Waals surface area contributed by atoms with Crippen molar-refractivity contribution in [1.29, 1.82) is 0 Å². The Labute approximate surface area is 167 Å². The van der Waals surface area contributed by atoms with Crippen LogP contribution in [0, 0.1) is 0 Å². The Morgan fingerprint density at radius 3 is 2.03 bits per heavy atom. The summed E-state index contributed by atoms with van der Waals surface area (Å²) in [5.41, 5.74) is 1.07. The number of ether oxygens (including phenoxy) is 1. The van der Waals surface area contributed by atoms with Gasteiger partial charge in [0.1, 0.15) is 18.0 Å². The van der Waals surface area contributed by atoms with Gasteiger partial charge >= 0.3 is 11.9 Å². The van der Waals surface area contributed by atoms with Crippen molar-refractivity contribution < 1.29 is 45.0 Å². The van der Waals surface area contributed by atoms with Crippen LogP contribution in [0.1, 0.15) is 18.9 Å². The highest BCUT2D eigenvalue weighted by Gasteiger charge is 2.37. The van der Waals surface area contributed by atoms with E-state index in [9.17, 15) is 9.59 Å². The smallest absolute Gasteiger partial charge is 0.335 e. The molecule has 5 atom stereocenters. The highest BCUT2D eigenvalue weighted by molar-refractivity contribution is 5.75. The number of aliphatic hydroxyl groups excluding tert-OH is 4. The first-order valence-corrected chi connectivity index (χ1v) is 8.55. The fourth-order valence-corrected chi connectivity index (χ4v) is 1.83. The normalized spacial score (nSPS) is 16.1. The van der Waals surface area contributed by atoms with Gasteiger partial charge in [0.15, 0.2) is 12.2 Å². The van der Waals surface area contributed by atoms with Crippen LogP contribution in [-0.4, -0.2) is 92.2 Å². The third-order valence-electron chi connectivity index (χ3n) is 3.77. The molecule has 0 aliphatic rings. The van der Waals surface area contributed by atoms with E-state index in [1.807, 2.05) is 19.3 Å². The maximum absolute atomic E-state index is 10.1. The molecule has 0 spiro atoms. The molecule has 0 aliphatic heterocycles. The molecule has 7 N–H and O–H groups in total. The zero-order valence-corrected chi connectivity index (χ0v) is 16.3. The van der Waals surface area contributed by atoms with Gasteiger partial charge in [-0.2, -0.15) is 0 Å². The molecule has 0 saturated carbocycles. The van der Waals surface area contributed by atoms with Crippen LogP contribution in [0.3, 0.4) is 0 Å². The van der Waals surface area contributed by atoms with E-state index in [1.54, 1.807) is 13.3 Å². The fraction of sp³-hybridized carbons (Fsp3) is 0.500. The first-order valence-electron chi connectivity index (χ1n) is 8.55. The molecular formula is C18H28N2O9. The van der Waals surface area contributed by atoms with Crippen LogP contribution < -0.4 is 10.1 Å². The molecule has 1 rings (SSSR count). The summed E-state index contributed by atoms with van der Waals surface area (Å²) in [6.45, 7) is 2.15. The molecule has 0 radical (unpaired) electrons. The maximum Gasteiger partial charge on any atom is 0.335 e. The predicted octanol–water partition coefficient (Wildman–Crippen LogP) is -1.30. The van der Waals surface area contributed by atoms with E-state index in [1.165, 1.54) is 0 Å². The average Bonchev–Trinajstić information content (AvgIpc) is 2.71. The summed E-state index contributed by atoms with van der Waals surface area (Å²) in [6, 6.07) is 2.47. The number of hydrogen-bond acceptors (Lipinski definition) is 9. The van der Waals surface area contributed by atoms with Gasteiger partial charge in [0.05, 0.1) is 13.3 Å². The van der Waals surface area contributed by atoms with Gasteiger partial charge in [0, 0.05) is 12.2 Å². The minimum atomic E-state index is -2.36. The van der Waals surface area contributed by atoms with E-state index in [4.69, 9.17) is 35.4 Å². The second-order valence-corrected chi connectivity index (χ2v) is 6.03. The number of rotatable bonds is 10. The number of aliphatic carboxylic acids is 2. The number of nitrogens with one attached hydrogen (secondary N) is 1. The van der Waals surface area contributed by atoms with Crippen molar-refractivity contribution in [1.82, 2.24) is 10.3 Å². The quantitative estimate of drug-likeness (QED) is 0.240. The molecule has 164 valence electrons. The van der Waals surface area contributed by atoms with E-state index in [0.717, 1.165) is 17.7 Å². The third kappa shape index (κ3) is 9.96. The summed E-state index contributed by atoms with van der Waals surface area (Å²) in [5.74, 6) is -2.89. The second-order valence-electron chi connectivity index (χ2n) is 6.03. The molecule has 29 heavy (non-hydrogen) atoms. The van der Waals surface area contributed by atoms with Gasteiger partial charge < -0.3 is 40.7 Å². The summed E-state index contributed by atoms with van der Waals surface area (Å²) in [4.78, 5) is 24.3. The first-order chi connectivity index (χ1) is 13.5. The highest BCUT2D eigenvalue weighted by atomic mass is 16.5. The molecule has 1 heterocycles. The zero-order chi connectivity index (χ0) is 22.6. The van der Waals surface area contributed by atoms with Crippen LogP contribution in [0.2, 0.25) is 0 Å². The number of aromatic nitrogens is 1. The molecule has 11 nitrogen and oxygen atoms in total. The third-order valence-corrected chi connectivity index (χ3v) is 3.77. The Bertz CT molecular complexity index is 644. The van der Waals surface area contributed by atoms with E-state index in [2.05, 4.69) is 29.4 Å². The van der Waals surface area contributed by atoms with E-state index in [0.29, 0.717) is 6.04 Å². The minimum Gasteiger partial charge on any atom is -0.495 e. The standard InChI is InChI=1S/C12H18N2O.C6H10O8/c1-10(13-2)5-4-6-11-7-12(15-3)9-14-8-11;7-1(3(9)5(11)12)2(8)4(10)6(13)14/h4,6-10,13H,5H2,1-3H3;1-4,7-10H,(H,11,12)(H,13,14)/b6-4+;/t10-;1-,2+,3+,4-/m0./s1. The minimum absolute atomic E-state index is 0.500. The lowest BCUT2D eigenvalue weighted by Crippen LogP contribution is -2.49. The molecule has 0 unspecified atom stereocenters. The highest BCUT2D eigenvalue weighted by Crippen LogP contribution is 2.11. The van der Waals surface area contributed by atoms with Crippen molar-refractivity contribution in [2.24, 2.45) is 0 Å². The van der Waals surface area contributed by atoms with Gasteiger partial charge in [-0.15, -0.1) is 0 Å². The molecule has 0 aliphatic carbocycles. The maximum atomic E-state index is 10.1. The summed E-state index contributed by atoms with van der Waals surface area (Å²) in [5, 5.41) is 54.6. The summed E-state index contributed by atoms with van der Waals surface area (Å²) < 4.78 is 5.09. The number of aliphatic hydroxyl groups is 4. The predicted molar refractivity (Wildman–Crippen MR) is 102 cm³/mol. The lowest BCUT2D eigenvalue weighted by molar-refractivity contribution is -0.172. The van der Waals surface area contributed by atoms with Crippen LogP contribution in [0.5, 0.6) is 5.75 Å².